The molecule has 2 aromatic rings. The Morgan fingerprint density at radius 3 is 2.81 bits per heavy atom. The van der Waals surface area contributed by atoms with Crippen molar-refractivity contribution in [3.05, 3.63) is 43.0 Å². The molecule has 6 nitrogen and oxygen atoms in total. The van der Waals surface area contributed by atoms with Crippen LogP contribution in [0, 0.1) is 0 Å². The molecule has 1 aromatic carbocycles. The van der Waals surface area contributed by atoms with Crippen molar-refractivity contribution in [1.29, 1.82) is 0 Å². The van der Waals surface area contributed by atoms with Gasteiger partial charge in [0.2, 0.25) is 0 Å². The molecule has 1 amide bonds. The van der Waals surface area contributed by atoms with Crippen molar-refractivity contribution in [2.24, 2.45) is 5.73 Å². The molecule has 0 radical (unpaired) electrons. The van der Waals surface area contributed by atoms with Crippen molar-refractivity contribution in [1.82, 2.24) is 9.55 Å². The summed E-state index contributed by atoms with van der Waals surface area (Å²) in [5, 5.41) is 2.87. The molecular formula is C15H18N4O2. The molecule has 2 heterocycles. The number of ether oxygens (including phenoxy) is 1. The number of amides is 1. The van der Waals surface area contributed by atoms with Crippen LogP contribution in [0.3, 0.4) is 0 Å². The van der Waals surface area contributed by atoms with Gasteiger partial charge in [-0.15, -0.1) is 0 Å². The zero-order chi connectivity index (χ0) is 14.7. The lowest BCUT2D eigenvalue weighted by Gasteiger charge is -2.13. The lowest BCUT2D eigenvalue weighted by atomic mass is 10.2. The Balaban J connectivity index is 1.62. The van der Waals surface area contributed by atoms with E-state index in [1.54, 1.807) is 12.5 Å². The lowest BCUT2D eigenvalue weighted by Crippen LogP contribution is -2.29. The molecule has 21 heavy (non-hydrogen) atoms. The Hall–Kier alpha value is -2.18. The van der Waals surface area contributed by atoms with Gasteiger partial charge >= 0.3 is 0 Å². The van der Waals surface area contributed by atoms with E-state index in [2.05, 4.69) is 10.3 Å². The van der Waals surface area contributed by atoms with Crippen LogP contribution in [0.5, 0.6) is 0 Å². The van der Waals surface area contributed by atoms with Gasteiger partial charge in [0.15, 0.2) is 0 Å². The molecule has 1 aliphatic rings. The van der Waals surface area contributed by atoms with Gasteiger partial charge in [0.05, 0.1) is 12.4 Å². The summed E-state index contributed by atoms with van der Waals surface area (Å²) in [6, 6.07) is 7.58. The second-order valence-corrected chi connectivity index (χ2v) is 5.07. The first-order valence-corrected chi connectivity index (χ1v) is 7.01. The van der Waals surface area contributed by atoms with Crippen LogP contribution < -0.4 is 11.1 Å². The quantitative estimate of drug-likeness (QED) is 0.888. The number of anilines is 1. The molecule has 1 aromatic heterocycles. The van der Waals surface area contributed by atoms with E-state index in [0.717, 1.165) is 24.2 Å². The first-order chi connectivity index (χ1) is 10.3. The van der Waals surface area contributed by atoms with Crippen LogP contribution in [-0.2, 0) is 9.53 Å². The Bertz CT molecular complexity index is 595. The van der Waals surface area contributed by atoms with Crippen molar-refractivity contribution >= 4 is 11.6 Å². The van der Waals surface area contributed by atoms with Gasteiger partial charge in [-0.2, -0.15) is 0 Å². The summed E-state index contributed by atoms with van der Waals surface area (Å²) in [4.78, 5) is 16.1. The minimum Gasteiger partial charge on any atom is -0.364 e. The van der Waals surface area contributed by atoms with Crippen molar-refractivity contribution in [2.75, 3.05) is 11.9 Å². The standard InChI is InChI=1S/C15H18N4O2/c16-9-13-5-6-14(21-13)15(20)18-11-1-3-12(4-2-11)19-8-7-17-10-19/h1-4,7-8,10,13-14H,5-6,9,16H2,(H,18,20)/t13-,14+/m1/s1. The predicted molar refractivity (Wildman–Crippen MR) is 79.1 cm³/mol. The Morgan fingerprint density at radius 1 is 1.38 bits per heavy atom. The third kappa shape index (κ3) is 3.12. The summed E-state index contributed by atoms with van der Waals surface area (Å²) in [5.41, 5.74) is 7.29. The predicted octanol–water partition coefficient (Wildman–Crippen LogP) is 1.32. The van der Waals surface area contributed by atoms with Crippen molar-refractivity contribution < 1.29 is 9.53 Å². The van der Waals surface area contributed by atoms with Crippen molar-refractivity contribution in [3.63, 3.8) is 0 Å². The van der Waals surface area contributed by atoms with Gasteiger partial charge in [-0.05, 0) is 37.1 Å². The number of nitrogens with two attached hydrogens (primary N) is 1. The fourth-order valence-electron chi connectivity index (χ4n) is 2.42. The molecule has 0 bridgehead atoms. The van der Waals surface area contributed by atoms with E-state index in [1.807, 2.05) is 35.0 Å². The molecule has 110 valence electrons. The third-order valence-electron chi connectivity index (χ3n) is 3.60. The summed E-state index contributed by atoms with van der Waals surface area (Å²) in [6.07, 6.45) is 6.49. The van der Waals surface area contributed by atoms with E-state index >= 15 is 0 Å². The van der Waals surface area contributed by atoms with E-state index in [-0.39, 0.29) is 12.0 Å². The number of benzene rings is 1. The van der Waals surface area contributed by atoms with Gasteiger partial charge in [-0.1, -0.05) is 0 Å². The number of carbonyl (C=O) groups excluding carboxylic acids is 1. The average Bonchev–Trinajstić information content (AvgIpc) is 3.19. The van der Waals surface area contributed by atoms with Crippen LogP contribution in [-0.4, -0.2) is 34.2 Å². The van der Waals surface area contributed by atoms with Crippen molar-refractivity contribution in [2.45, 2.75) is 25.0 Å². The first kappa shape index (κ1) is 13.8. The van der Waals surface area contributed by atoms with Gasteiger partial charge < -0.3 is 20.4 Å². The highest BCUT2D eigenvalue weighted by atomic mass is 16.5. The Morgan fingerprint density at radius 2 is 2.19 bits per heavy atom. The largest absolute Gasteiger partial charge is 0.364 e. The van der Waals surface area contributed by atoms with E-state index in [4.69, 9.17) is 10.5 Å². The molecule has 0 unspecified atom stereocenters. The average molecular weight is 286 g/mol. The monoisotopic (exact) mass is 286 g/mol. The highest BCUT2D eigenvalue weighted by molar-refractivity contribution is 5.94. The van der Waals surface area contributed by atoms with Crippen LogP contribution in [0.4, 0.5) is 5.69 Å². The normalized spacial score (nSPS) is 21.4. The number of hydrogen-bond donors (Lipinski definition) is 2. The zero-order valence-electron chi connectivity index (χ0n) is 11.6. The molecule has 6 heteroatoms. The number of nitrogens with zero attached hydrogens (tertiary/aromatic N) is 2. The molecule has 3 rings (SSSR count). The molecule has 0 spiro atoms. The molecule has 1 aliphatic heterocycles. The van der Waals surface area contributed by atoms with Crippen LogP contribution in [0.1, 0.15) is 12.8 Å². The third-order valence-corrected chi connectivity index (χ3v) is 3.60. The van der Waals surface area contributed by atoms with E-state index in [9.17, 15) is 4.79 Å². The molecule has 2 atom stereocenters. The number of hydrogen-bond acceptors (Lipinski definition) is 4. The molecular weight excluding hydrogens is 268 g/mol. The summed E-state index contributed by atoms with van der Waals surface area (Å²) >= 11 is 0. The lowest BCUT2D eigenvalue weighted by molar-refractivity contribution is -0.126. The second-order valence-electron chi connectivity index (χ2n) is 5.07. The minimum absolute atomic E-state index is 0.00404. The van der Waals surface area contributed by atoms with Crippen LogP contribution >= 0.6 is 0 Å². The van der Waals surface area contributed by atoms with Gasteiger partial charge in [0, 0.05) is 30.3 Å². The maximum atomic E-state index is 12.1. The SMILES string of the molecule is NC[C@H]1CC[C@@H](C(=O)Nc2ccc(-n3ccnc3)cc2)O1. The summed E-state index contributed by atoms with van der Waals surface area (Å²) in [6.45, 7) is 0.462. The summed E-state index contributed by atoms with van der Waals surface area (Å²) in [7, 11) is 0. The number of imidazole rings is 1. The molecule has 3 N–H and O–H groups in total. The van der Waals surface area contributed by atoms with Crippen LogP contribution in [0.25, 0.3) is 5.69 Å². The minimum atomic E-state index is -0.396. The van der Waals surface area contributed by atoms with Gasteiger partial charge in [-0.3, -0.25) is 4.79 Å². The Kier molecular flexibility index (Phi) is 3.98. The molecule has 1 saturated heterocycles. The maximum absolute atomic E-state index is 12.1. The fourth-order valence-corrected chi connectivity index (χ4v) is 2.42. The topological polar surface area (TPSA) is 82.2 Å². The Labute approximate surface area is 122 Å². The number of nitrogens with one attached hydrogen (secondary N) is 1. The highest BCUT2D eigenvalue weighted by Gasteiger charge is 2.29. The number of aromatic nitrogens is 2. The van der Waals surface area contributed by atoms with Gasteiger partial charge in [0.25, 0.3) is 5.91 Å². The first-order valence-electron chi connectivity index (χ1n) is 7.01. The fraction of sp³-hybridized carbons (Fsp3) is 0.333. The highest BCUT2D eigenvalue weighted by Crippen LogP contribution is 2.21. The smallest absolute Gasteiger partial charge is 0.253 e. The molecule has 0 aliphatic carbocycles. The number of rotatable bonds is 4. The van der Waals surface area contributed by atoms with E-state index in [0.29, 0.717) is 6.54 Å². The molecule has 0 saturated carbocycles. The van der Waals surface area contributed by atoms with E-state index < -0.39 is 6.10 Å². The van der Waals surface area contributed by atoms with Gasteiger partial charge in [-0.25, -0.2) is 4.98 Å². The second kappa shape index (κ2) is 6.07. The summed E-state index contributed by atoms with van der Waals surface area (Å²) in [5.74, 6) is -0.110. The van der Waals surface area contributed by atoms with E-state index in [1.165, 1.54) is 0 Å². The molecule has 1 fully saturated rings. The van der Waals surface area contributed by atoms with Crippen LogP contribution in [0.15, 0.2) is 43.0 Å². The van der Waals surface area contributed by atoms with Crippen LogP contribution in [0.2, 0.25) is 0 Å². The summed E-state index contributed by atoms with van der Waals surface area (Å²) < 4.78 is 7.48. The zero-order valence-corrected chi connectivity index (χ0v) is 11.6. The maximum Gasteiger partial charge on any atom is 0.253 e. The van der Waals surface area contributed by atoms with Gasteiger partial charge in [0.1, 0.15) is 6.10 Å². The number of carbonyl (C=O) groups is 1. The van der Waals surface area contributed by atoms with Crippen molar-refractivity contribution in [3.8, 4) is 5.69 Å².